The Hall–Kier alpha value is -1.26. The summed E-state index contributed by atoms with van der Waals surface area (Å²) in [5.41, 5.74) is 2.19. The Morgan fingerprint density at radius 3 is 2.77 bits per heavy atom. The van der Waals surface area contributed by atoms with E-state index >= 15 is 0 Å². The molecule has 1 N–H and O–H groups in total. The molecule has 0 aliphatic heterocycles. The molecule has 140 valence electrons. The molecule has 0 spiro atoms. The molecule has 2 heterocycles. The monoisotopic (exact) mass is 501 g/mol. The fourth-order valence-electron chi connectivity index (χ4n) is 2.65. The van der Waals surface area contributed by atoms with Crippen LogP contribution < -0.4 is 5.32 Å². The summed E-state index contributed by atoms with van der Waals surface area (Å²) in [5, 5.41) is 7.83. The highest BCUT2D eigenvalue weighted by atomic mass is 127. The summed E-state index contributed by atoms with van der Waals surface area (Å²) < 4.78 is 1.26. The second kappa shape index (κ2) is 10.2. The number of hydrogen-bond donors (Lipinski definition) is 1. The van der Waals surface area contributed by atoms with Crippen molar-refractivity contribution in [3.8, 4) is 0 Å². The summed E-state index contributed by atoms with van der Waals surface area (Å²) in [5.74, 6) is 0.898. The SMILES string of the molecule is CN=C(NCCCc1nc2ccccc2s1)N(C)Cc1csc(C)n1.I. The molecule has 0 aliphatic carbocycles. The number of guanidine groups is 1. The average Bonchev–Trinajstić information content (AvgIpc) is 3.20. The number of aliphatic imine (C=N–C) groups is 1. The van der Waals surface area contributed by atoms with Gasteiger partial charge in [-0.25, -0.2) is 9.97 Å². The number of benzene rings is 1. The van der Waals surface area contributed by atoms with Gasteiger partial charge in [0.2, 0.25) is 0 Å². The fraction of sp³-hybridized carbons (Fsp3) is 0.389. The Labute approximate surface area is 179 Å². The highest BCUT2D eigenvalue weighted by molar-refractivity contribution is 14.0. The zero-order valence-electron chi connectivity index (χ0n) is 15.2. The largest absolute Gasteiger partial charge is 0.356 e. The lowest BCUT2D eigenvalue weighted by atomic mass is 10.3. The lowest BCUT2D eigenvalue weighted by molar-refractivity contribution is 0.470. The van der Waals surface area contributed by atoms with Gasteiger partial charge in [0.05, 0.1) is 32.5 Å². The number of halogens is 1. The van der Waals surface area contributed by atoms with Gasteiger partial charge in [-0.05, 0) is 25.5 Å². The summed E-state index contributed by atoms with van der Waals surface area (Å²) >= 11 is 3.47. The number of para-hydroxylation sites is 1. The minimum absolute atomic E-state index is 0. The van der Waals surface area contributed by atoms with Crippen LogP contribution in [0.5, 0.6) is 0 Å². The van der Waals surface area contributed by atoms with Gasteiger partial charge in [0.1, 0.15) is 0 Å². The van der Waals surface area contributed by atoms with Gasteiger partial charge < -0.3 is 10.2 Å². The summed E-state index contributed by atoms with van der Waals surface area (Å²) in [4.78, 5) is 15.7. The van der Waals surface area contributed by atoms with Crippen LogP contribution in [0.3, 0.4) is 0 Å². The third-order valence-electron chi connectivity index (χ3n) is 3.83. The van der Waals surface area contributed by atoms with Crippen molar-refractivity contribution in [1.29, 1.82) is 0 Å². The molecule has 8 heteroatoms. The smallest absolute Gasteiger partial charge is 0.193 e. The first-order chi connectivity index (χ1) is 12.2. The number of hydrogen-bond acceptors (Lipinski definition) is 5. The maximum atomic E-state index is 4.69. The third kappa shape index (κ3) is 5.62. The van der Waals surface area contributed by atoms with Crippen LogP contribution in [0.2, 0.25) is 0 Å². The highest BCUT2D eigenvalue weighted by Crippen LogP contribution is 2.22. The summed E-state index contributed by atoms with van der Waals surface area (Å²) in [7, 11) is 3.86. The zero-order chi connectivity index (χ0) is 17.6. The van der Waals surface area contributed by atoms with Crippen molar-refractivity contribution in [2.75, 3.05) is 20.6 Å². The van der Waals surface area contributed by atoms with E-state index in [1.807, 2.05) is 27.1 Å². The Morgan fingerprint density at radius 1 is 1.27 bits per heavy atom. The lowest BCUT2D eigenvalue weighted by Crippen LogP contribution is -2.39. The summed E-state index contributed by atoms with van der Waals surface area (Å²) in [6, 6.07) is 8.31. The minimum atomic E-state index is 0. The van der Waals surface area contributed by atoms with E-state index in [1.165, 1.54) is 9.71 Å². The Kier molecular flexibility index (Phi) is 8.23. The number of aromatic nitrogens is 2. The topological polar surface area (TPSA) is 53.4 Å². The molecule has 0 atom stereocenters. The molecule has 3 aromatic rings. The zero-order valence-corrected chi connectivity index (χ0v) is 19.2. The van der Waals surface area contributed by atoms with Gasteiger partial charge >= 0.3 is 0 Å². The lowest BCUT2D eigenvalue weighted by Gasteiger charge is -2.21. The number of nitrogens with zero attached hydrogens (tertiary/aromatic N) is 4. The minimum Gasteiger partial charge on any atom is -0.356 e. The molecule has 1 aromatic carbocycles. The van der Waals surface area contributed by atoms with Crippen molar-refractivity contribution in [3.63, 3.8) is 0 Å². The molecule has 26 heavy (non-hydrogen) atoms. The molecule has 0 saturated heterocycles. The highest BCUT2D eigenvalue weighted by Gasteiger charge is 2.09. The van der Waals surface area contributed by atoms with E-state index in [0.717, 1.165) is 48.1 Å². The third-order valence-corrected chi connectivity index (χ3v) is 5.75. The second-order valence-corrected chi connectivity index (χ2v) is 8.04. The molecular weight excluding hydrogens is 477 g/mol. The van der Waals surface area contributed by atoms with Crippen molar-refractivity contribution in [1.82, 2.24) is 20.2 Å². The first-order valence-corrected chi connectivity index (χ1v) is 10.0. The van der Waals surface area contributed by atoms with E-state index in [-0.39, 0.29) is 24.0 Å². The van der Waals surface area contributed by atoms with Gasteiger partial charge in [0, 0.05) is 32.4 Å². The summed E-state index contributed by atoms with van der Waals surface area (Å²) in [6.07, 6.45) is 2.01. The first-order valence-electron chi connectivity index (χ1n) is 8.33. The van der Waals surface area contributed by atoms with Crippen LogP contribution >= 0.6 is 46.7 Å². The van der Waals surface area contributed by atoms with Crippen LogP contribution in [0, 0.1) is 6.92 Å². The number of rotatable bonds is 6. The van der Waals surface area contributed by atoms with Crippen LogP contribution in [0.1, 0.15) is 22.1 Å². The molecule has 0 bridgehead atoms. The van der Waals surface area contributed by atoms with Crippen LogP contribution in [0.25, 0.3) is 10.2 Å². The molecule has 0 aliphatic rings. The molecule has 0 amide bonds. The van der Waals surface area contributed by atoms with Crippen molar-refractivity contribution in [3.05, 3.63) is 45.4 Å². The molecule has 0 radical (unpaired) electrons. The molecule has 5 nitrogen and oxygen atoms in total. The maximum Gasteiger partial charge on any atom is 0.193 e. The Morgan fingerprint density at radius 2 is 2.08 bits per heavy atom. The van der Waals surface area contributed by atoms with Crippen molar-refractivity contribution >= 4 is 62.8 Å². The summed E-state index contributed by atoms with van der Waals surface area (Å²) in [6.45, 7) is 3.67. The fourth-order valence-corrected chi connectivity index (χ4v) is 4.26. The Balaban J connectivity index is 0.00000243. The van der Waals surface area contributed by atoms with Gasteiger partial charge in [0.25, 0.3) is 0 Å². The van der Waals surface area contributed by atoms with Crippen molar-refractivity contribution in [2.45, 2.75) is 26.3 Å². The normalized spacial score (nSPS) is 11.4. The van der Waals surface area contributed by atoms with Gasteiger partial charge in [-0.3, -0.25) is 4.99 Å². The standard InChI is InChI=1S/C18H23N5S2.HI/c1-13-21-14(12-24-13)11-23(3)18(19-2)20-10-6-9-17-22-15-7-4-5-8-16(15)25-17;/h4-5,7-8,12H,6,9-11H2,1-3H3,(H,19,20);1H. The van der Waals surface area contributed by atoms with Gasteiger partial charge in [-0.2, -0.15) is 0 Å². The molecule has 2 aromatic heterocycles. The van der Waals surface area contributed by atoms with Gasteiger partial charge in [-0.1, -0.05) is 12.1 Å². The number of thiazole rings is 2. The maximum absolute atomic E-state index is 4.69. The average molecular weight is 501 g/mol. The van der Waals surface area contributed by atoms with Crippen LogP contribution in [0.15, 0.2) is 34.6 Å². The van der Waals surface area contributed by atoms with E-state index in [1.54, 1.807) is 22.7 Å². The van der Waals surface area contributed by atoms with Gasteiger partial charge in [0.15, 0.2) is 5.96 Å². The second-order valence-electron chi connectivity index (χ2n) is 5.87. The van der Waals surface area contributed by atoms with Crippen LogP contribution in [-0.2, 0) is 13.0 Å². The van der Waals surface area contributed by atoms with E-state index in [4.69, 9.17) is 0 Å². The Bertz CT molecular complexity index is 825. The van der Waals surface area contributed by atoms with Gasteiger partial charge in [-0.15, -0.1) is 46.7 Å². The predicted octanol–water partition coefficient (Wildman–Crippen LogP) is 4.32. The molecule has 3 rings (SSSR count). The van der Waals surface area contributed by atoms with Crippen molar-refractivity contribution < 1.29 is 0 Å². The molecule has 0 fully saturated rings. The number of aryl methyl sites for hydroxylation is 2. The van der Waals surface area contributed by atoms with E-state index in [9.17, 15) is 0 Å². The first kappa shape index (κ1) is 21.0. The van der Waals surface area contributed by atoms with E-state index in [0.29, 0.717) is 0 Å². The van der Waals surface area contributed by atoms with Crippen molar-refractivity contribution in [2.24, 2.45) is 4.99 Å². The molecule has 0 unspecified atom stereocenters. The van der Waals surface area contributed by atoms with E-state index < -0.39 is 0 Å². The quantitative estimate of drug-likeness (QED) is 0.237. The number of nitrogens with one attached hydrogen (secondary N) is 1. The van der Waals surface area contributed by atoms with Crippen LogP contribution in [0.4, 0.5) is 0 Å². The van der Waals surface area contributed by atoms with E-state index in [2.05, 4.69) is 48.8 Å². The number of fused-ring (bicyclic) bond motifs is 1. The molecular formula is C18H24IN5S2. The molecule has 0 saturated carbocycles. The van der Waals surface area contributed by atoms with Crippen LogP contribution in [-0.4, -0.2) is 41.5 Å². The predicted molar refractivity (Wildman–Crippen MR) is 123 cm³/mol.